The molecule has 0 amide bonds. The van der Waals surface area contributed by atoms with E-state index in [1.54, 1.807) is 0 Å². The molecule has 0 spiro atoms. The molecule has 0 aromatic heterocycles. The summed E-state index contributed by atoms with van der Waals surface area (Å²) in [6.07, 6.45) is 0.990. The number of esters is 1. The Balaban J connectivity index is 2.39. The molecule has 0 bridgehead atoms. The van der Waals surface area contributed by atoms with Crippen molar-refractivity contribution in [1.29, 1.82) is 0 Å². The maximum atomic E-state index is 13.7. The van der Waals surface area contributed by atoms with Gasteiger partial charge in [-0.15, -0.1) is 0 Å². The van der Waals surface area contributed by atoms with E-state index in [-0.39, 0.29) is 6.61 Å². The lowest BCUT2D eigenvalue weighted by atomic mass is 9.86. The molecule has 10 heteroatoms. The number of rotatable bonds is 8. The van der Waals surface area contributed by atoms with E-state index in [1.165, 1.54) is 6.42 Å². The first-order valence-electron chi connectivity index (χ1n) is 6.88. The number of hydrogen-bond donors (Lipinski definition) is 0. The second kappa shape index (κ2) is 8.90. The van der Waals surface area contributed by atoms with Crippen molar-refractivity contribution < 1.29 is 41.7 Å². The van der Waals surface area contributed by atoms with Gasteiger partial charge in [-0.1, -0.05) is 32.1 Å². The number of alkyl halides is 4. The highest BCUT2D eigenvalue weighted by Crippen LogP contribution is 2.44. The van der Waals surface area contributed by atoms with E-state index in [4.69, 9.17) is 0 Å². The van der Waals surface area contributed by atoms with E-state index in [2.05, 4.69) is 14.1 Å². The average Bonchev–Trinajstić information content (AvgIpc) is 2.48. The zero-order valence-corrected chi connectivity index (χ0v) is 12.5. The number of carbonyl (C=O) groups is 1. The zero-order valence-electron chi connectivity index (χ0n) is 11.7. The maximum absolute atomic E-state index is 13.7. The summed E-state index contributed by atoms with van der Waals surface area (Å²) in [5, 5.41) is 7.69. The van der Waals surface area contributed by atoms with E-state index < -0.39 is 29.2 Å². The van der Waals surface area contributed by atoms with Crippen molar-refractivity contribution in [3.63, 3.8) is 0 Å². The van der Waals surface area contributed by atoms with Gasteiger partial charge >= 0.3 is 17.1 Å². The lowest BCUT2D eigenvalue weighted by molar-refractivity contribution is -0.777. The monoisotopic (exact) mass is 349 g/mol. The Morgan fingerprint density at radius 1 is 1.18 bits per heavy atom. The second-order valence-corrected chi connectivity index (χ2v) is 5.96. The number of carbonyl (C=O) groups excluding carboxylic acids is 1. The Morgan fingerprint density at radius 2 is 1.82 bits per heavy atom. The van der Waals surface area contributed by atoms with Crippen molar-refractivity contribution in [2.75, 3.05) is 6.61 Å². The topological polar surface area (TPSA) is 67.8 Å². The van der Waals surface area contributed by atoms with Crippen LogP contribution in [0.5, 0.6) is 0 Å². The van der Waals surface area contributed by atoms with E-state index in [9.17, 15) is 27.6 Å². The van der Waals surface area contributed by atoms with Gasteiger partial charge in [0.25, 0.3) is 0 Å². The summed E-state index contributed by atoms with van der Waals surface area (Å²) < 4.78 is 59.0. The molecular formula is C12H17F4O5S-. The fraction of sp³-hybridized carbons (Fsp3) is 0.917. The van der Waals surface area contributed by atoms with Crippen LogP contribution in [0.15, 0.2) is 0 Å². The molecule has 5 nitrogen and oxygen atoms in total. The van der Waals surface area contributed by atoms with Gasteiger partial charge in [-0.05, 0) is 18.8 Å². The Hall–Kier alpha value is -0.580. The molecule has 130 valence electrons. The highest BCUT2D eigenvalue weighted by atomic mass is 32.2. The standard InChI is InChI=1S/C12H18F4O5S/c13-11(12(14,15)16,22-21-20-18)10(17)19-8-4-7-9-5-2-1-3-6-9/h9,18H,1-8H2/p-1. The van der Waals surface area contributed by atoms with Crippen LogP contribution in [-0.4, -0.2) is 23.8 Å². The van der Waals surface area contributed by atoms with Crippen molar-refractivity contribution in [1.82, 2.24) is 0 Å². The van der Waals surface area contributed by atoms with Crippen LogP contribution < -0.4 is 5.26 Å². The van der Waals surface area contributed by atoms with Gasteiger partial charge in [-0.2, -0.15) is 17.5 Å². The third-order valence-electron chi connectivity index (χ3n) is 3.52. The normalized spacial score (nSPS) is 19.7. The van der Waals surface area contributed by atoms with Crippen molar-refractivity contribution in [3.05, 3.63) is 0 Å². The number of hydrogen-bond acceptors (Lipinski definition) is 6. The van der Waals surface area contributed by atoms with Gasteiger partial charge in [0.05, 0.1) is 18.6 Å². The quantitative estimate of drug-likeness (QED) is 0.168. The third-order valence-corrected chi connectivity index (χ3v) is 4.27. The summed E-state index contributed by atoms with van der Waals surface area (Å²) in [7, 11) is 0. The lowest BCUT2D eigenvalue weighted by Crippen LogP contribution is -2.46. The Labute approximate surface area is 129 Å². The number of ether oxygens (including phenoxy) is 1. The van der Waals surface area contributed by atoms with Crippen LogP contribution in [0, 0.1) is 5.92 Å². The van der Waals surface area contributed by atoms with Crippen molar-refractivity contribution in [2.45, 2.75) is 56.1 Å². The highest BCUT2D eigenvalue weighted by Gasteiger charge is 2.65. The van der Waals surface area contributed by atoms with Crippen molar-refractivity contribution >= 4 is 18.0 Å². The molecule has 1 unspecified atom stereocenters. The van der Waals surface area contributed by atoms with Crippen molar-refractivity contribution in [2.24, 2.45) is 5.92 Å². The maximum Gasteiger partial charge on any atom is 0.446 e. The fourth-order valence-corrected chi connectivity index (χ4v) is 2.71. The molecule has 0 radical (unpaired) electrons. The van der Waals surface area contributed by atoms with Gasteiger partial charge in [-0.3, -0.25) is 5.04 Å². The summed E-state index contributed by atoms with van der Waals surface area (Å²) in [5.41, 5.74) is 0. The lowest BCUT2D eigenvalue weighted by Gasteiger charge is -2.24. The van der Waals surface area contributed by atoms with Crippen LogP contribution in [0.25, 0.3) is 0 Å². The Kier molecular flexibility index (Phi) is 7.87. The first-order valence-corrected chi connectivity index (χ1v) is 7.62. The first kappa shape index (κ1) is 19.5. The predicted molar refractivity (Wildman–Crippen MR) is 66.4 cm³/mol. The molecule has 1 fully saturated rings. The summed E-state index contributed by atoms with van der Waals surface area (Å²) in [6, 6.07) is 0. The highest BCUT2D eigenvalue weighted by molar-refractivity contribution is 7.96. The molecule has 1 rings (SSSR count). The van der Waals surface area contributed by atoms with Crippen LogP contribution in [-0.2, 0) is 18.9 Å². The SMILES string of the molecule is O=C(OCCCC1CCCCC1)C(F)(SOO[O-])C(F)(F)F. The van der Waals surface area contributed by atoms with Gasteiger partial charge < -0.3 is 9.99 Å². The van der Waals surface area contributed by atoms with E-state index >= 15 is 0 Å². The molecule has 0 heterocycles. The fourth-order valence-electron chi connectivity index (χ4n) is 2.36. The molecule has 0 aliphatic heterocycles. The van der Waals surface area contributed by atoms with E-state index in [1.807, 2.05) is 0 Å². The van der Waals surface area contributed by atoms with E-state index in [0.717, 1.165) is 25.7 Å². The molecule has 1 atom stereocenters. The van der Waals surface area contributed by atoms with Gasteiger partial charge in [0.1, 0.15) is 0 Å². The van der Waals surface area contributed by atoms with E-state index in [0.29, 0.717) is 18.8 Å². The molecule has 1 saturated carbocycles. The second-order valence-electron chi connectivity index (χ2n) is 5.09. The smallest absolute Gasteiger partial charge is 0.446 e. The van der Waals surface area contributed by atoms with Crippen molar-refractivity contribution in [3.8, 4) is 0 Å². The summed E-state index contributed by atoms with van der Waals surface area (Å²) in [5.74, 6) is -1.69. The van der Waals surface area contributed by atoms with Gasteiger partial charge in [-0.25, -0.2) is 9.18 Å². The summed E-state index contributed by atoms with van der Waals surface area (Å²) in [4.78, 5) is 11.3. The first-order chi connectivity index (χ1) is 10.3. The van der Waals surface area contributed by atoms with Crippen LogP contribution in [0.4, 0.5) is 17.6 Å². The third kappa shape index (κ3) is 5.56. The molecule has 0 aromatic carbocycles. The molecule has 0 N–H and O–H groups in total. The minimum Gasteiger partial charge on any atom is -0.691 e. The Bertz CT molecular complexity index is 349. The predicted octanol–water partition coefficient (Wildman–Crippen LogP) is 2.99. The van der Waals surface area contributed by atoms with Gasteiger partial charge in [0.15, 0.2) is 0 Å². The largest absolute Gasteiger partial charge is 0.691 e. The van der Waals surface area contributed by atoms with Crippen LogP contribution in [0.2, 0.25) is 0 Å². The molecule has 1 aliphatic rings. The van der Waals surface area contributed by atoms with Crippen LogP contribution in [0.1, 0.15) is 44.9 Å². The van der Waals surface area contributed by atoms with Gasteiger partial charge in [0, 0.05) is 0 Å². The van der Waals surface area contributed by atoms with Crippen LogP contribution in [0.3, 0.4) is 0 Å². The zero-order chi connectivity index (χ0) is 16.6. The van der Waals surface area contributed by atoms with Crippen LogP contribution >= 0.6 is 12.0 Å². The molecule has 22 heavy (non-hydrogen) atoms. The average molecular weight is 349 g/mol. The summed E-state index contributed by atoms with van der Waals surface area (Å²) in [6.45, 7) is -0.324. The molecule has 1 aliphatic carbocycles. The minimum absolute atomic E-state index is 0.324. The summed E-state index contributed by atoms with van der Waals surface area (Å²) >= 11 is -1.08. The Morgan fingerprint density at radius 3 is 2.36 bits per heavy atom. The van der Waals surface area contributed by atoms with Gasteiger partial charge in [0.2, 0.25) is 0 Å². The number of halogens is 4. The molecule has 0 saturated heterocycles. The molecule has 0 aromatic rings. The minimum atomic E-state index is -5.60. The molecular weight excluding hydrogens is 332 g/mol.